The van der Waals surface area contributed by atoms with Gasteiger partial charge in [0.05, 0.1) is 51.0 Å². The second-order valence-electron chi connectivity index (χ2n) is 23.8. The number of ether oxygens (including phenoxy) is 6. The van der Waals surface area contributed by atoms with Gasteiger partial charge in [0.1, 0.15) is 115 Å². The van der Waals surface area contributed by atoms with Crippen LogP contribution in [0.4, 0.5) is 0 Å². The number of benzene rings is 2. The third kappa shape index (κ3) is 17.2. The first-order valence-corrected chi connectivity index (χ1v) is 30.3. The van der Waals surface area contributed by atoms with Gasteiger partial charge in [-0.2, -0.15) is 0 Å². The average molecular weight is 1350 g/mol. The van der Waals surface area contributed by atoms with Gasteiger partial charge in [0.2, 0.25) is 41.7 Å². The predicted molar refractivity (Wildman–Crippen MR) is 316 cm³/mol. The van der Waals surface area contributed by atoms with Crippen molar-refractivity contribution in [2.75, 3.05) is 46.1 Å². The third-order valence-corrected chi connectivity index (χ3v) is 16.8. The summed E-state index contributed by atoms with van der Waals surface area (Å²) < 4.78 is 34.0. The van der Waals surface area contributed by atoms with Crippen LogP contribution < -0.4 is 52.6 Å². The molecule has 0 aliphatic carbocycles. The zero-order valence-corrected chi connectivity index (χ0v) is 51.1. The smallest absolute Gasteiger partial charge is 0.308 e. The van der Waals surface area contributed by atoms with Crippen molar-refractivity contribution >= 4 is 53.3 Å². The van der Waals surface area contributed by atoms with Gasteiger partial charge >= 0.3 is 5.97 Å². The maximum Gasteiger partial charge on any atom is 0.308 e. The molecule has 6 fully saturated rings. The van der Waals surface area contributed by atoms with Gasteiger partial charge < -0.3 is 148 Å². The van der Waals surface area contributed by atoms with Gasteiger partial charge in [-0.15, -0.1) is 0 Å². The molecule has 2 aromatic carbocycles. The lowest BCUT2D eigenvalue weighted by Crippen LogP contribution is -2.69. The number of amides is 6. The summed E-state index contributed by atoms with van der Waals surface area (Å²) in [4.78, 5) is 100. The number of nitrogens with one attached hydrogen (secondary N) is 11. The van der Waals surface area contributed by atoms with E-state index in [0.29, 0.717) is 5.56 Å². The monoisotopic (exact) mass is 1350 g/mol. The molecule has 24 atom stereocenters. The van der Waals surface area contributed by atoms with Crippen LogP contribution in [0.3, 0.4) is 0 Å². The van der Waals surface area contributed by atoms with E-state index in [-0.39, 0.29) is 30.2 Å². The van der Waals surface area contributed by atoms with Crippen molar-refractivity contribution in [3.05, 3.63) is 65.7 Å². The molecule has 0 bridgehead atoms. The number of nitrogens with zero attached hydrogens (tertiary/aromatic N) is 1. The maximum absolute atomic E-state index is 15.1. The lowest BCUT2D eigenvalue weighted by molar-refractivity contribution is -0.353. The van der Waals surface area contributed by atoms with Crippen LogP contribution in [0.5, 0.6) is 5.75 Å². The van der Waals surface area contributed by atoms with E-state index in [0.717, 1.165) is 4.90 Å². The Labute approximate surface area is 540 Å². The molecule has 6 aliphatic rings. The van der Waals surface area contributed by atoms with E-state index in [9.17, 15) is 90.4 Å². The van der Waals surface area contributed by atoms with Crippen molar-refractivity contribution in [3.63, 3.8) is 0 Å². The number of carbonyl (C=O) groups excluding carboxylic acids is 7. The number of aliphatic hydroxyl groups is 13. The van der Waals surface area contributed by atoms with Crippen molar-refractivity contribution in [2.45, 2.75) is 173 Å². The van der Waals surface area contributed by atoms with Crippen LogP contribution in [0.1, 0.15) is 25.0 Å². The highest BCUT2D eigenvalue weighted by Crippen LogP contribution is 2.33. The standard InChI is InChI=1S/C57H82N12O26/c1-21(2)53(89)94-46-39(78)31(19-72)92-55(44(46)83)95-45-32(20-73)93-54(43(82)41(45)80)90-24-10-8-23(9-11-24)13-26-49(86)67-34(36(75)27-14-61-56(58)66-27)51(88)68-35(37(76)29-15-62-57(59)69(29)52-42(81)40(79)38(77)30(18-71)91-52)50(87)65-28(17-70)47(84)60-16-33(74)63-25(48(85)64-26)12-22-6-4-3-5-7-22/h3-11,21,25-32,34-46,52,54-55,70-73,75-83H,12-20H2,1-2H3,(H2,59,62)(H,60,84)(H,63,74)(H,64,85)(H,65,87)(H,67,86)(H,68,88)(H3,58,61,66)/t25-,26+,27?,28-,29?,30+,31+,32+,34-,35+,36?,37?,38+,39+,40-,41+,42-,43-,44-,45+,46-,52-,54?,55+/m0/s1. The lowest BCUT2D eigenvalue weighted by Gasteiger charge is -2.46. The topological polar surface area (TPSA) is 597 Å². The Morgan fingerprint density at radius 3 is 1.76 bits per heavy atom. The fourth-order valence-electron chi connectivity index (χ4n) is 11.4. The number of carbonyl (C=O) groups is 7. The van der Waals surface area contributed by atoms with Gasteiger partial charge in [-0.05, 0) is 23.3 Å². The zero-order chi connectivity index (χ0) is 69.3. The highest BCUT2D eigenvalue weighted by atomic mass is 16.7. The summed E-state index contributed by atoms with van der Waals surface area (Å²) >= 11 is 0. The van der Waals surface area contributed by atoms with Crippen molar-refractivity contribution in [2.24, 2.45) is 5.92 Å². The van der Waals surface area contributed by atoms with Gasteiger partial charge in [-0.25, -0.2) is 0 Å². The van der Waals surface area contributed by atoms with E-state index in [1.54, 1.807) is 30.3 Å². The van der Waals surface area contributed by atoms with Crippen LogP contribution in [0, 0.1) is 16.7 Å². The largest absolute Gasteiger partial charge is 0.462 e. The molecule has 0 saturated carbocycles. The number of esters is 1. The zero-order valence-electron chi connectivity index (χ0n) is 51.1. The van der Waals surface area contributed by atoms with Crippen molar-refractivity contribution in [3.8, 4) is 5.75 Å². The number of rotatable bonds is 19. The Kier molecular flexibility index (Phi) is 25.0. The van der Waals surface area contributed by atoms with Crippen LogP contribution in [0.25, 0.3) is 0 Å². The first kappa shape index (κ1) is 73.2. The average Bonchev–Trinajstić information content (AvgIpc) is 1.77. The van der Waals surface area contributed by atoms with Crippen molar-refractivity contribution in [1.82, 2.24) is 52.8 Å². The number of hydrogen-bond acceptors (Lipinski definition) is 28. The molecule has 6 heterocycles. The molecule has 0 spiro atoms. The van der Waals surface area contributed by atoms with E-state index >= 15 is 9.59 Å². The molecule has 0 aromatic heterocycles. The Morgan fingerprint density at radius 1 is 0.558 bits per heavy atom. The second kappa shape index (κ2) is 32.4. The SMILES string of the molecule is CC(C)C(=O)O[C@@H]1[C@H](O)[C@@H](O[C@H]2[C@H](O)[C@H](O)C(Oc3ccc(C[C@H]4NC(=O)[C@H](Cc5ccccc5)NC(=O)CNC(=O)[C@H](CO)NC(=O)[C@@H](C(O)C5CNC(=N)N5[C@H]5O[C@H](CO)[C@@H](O)[C@H](O)[C@@H]5O)NC(=O)[C@H](C(O)C5CNC(=N)N5)NC4=O)cc3)O[C@@H]2CO)O[C@H](CO)[C@H]1O. The van der Waals surface area contributed by atoms with Gasteiger partial charge in [0.15, 0.2) is 30.5 Å². The molecule has 95 heavy (non-hydrogen) atoms. The third-order valence-electron chi connectivity index (χ3n) is 16.8. The normalized spacial score (nSPS) is 36.1. The first-order valence-electron chi connectivity index (χ1n) is 30.3. The van der Waals surface area contributed by atoms with Crippen LogP contribution >= 0.6 is 0 Å². The molecule has 6 saturated heterocycles. The predicted octanol–water partition coefficient (Wildman–Crippen LogP) is -12.5. The maximum atomic E-state index is 15.1. The minimum Gasteiger partial charge on any atom is -0.462 e. The molecule has 6 amide bonds. The molecular formula is C57H82N12O26. The van der Waals surface area contributed by atoms with Gasteiger partial charge in [0.25, 0.3) is 0 Å². The first-order chi connectivity index (χ1) is 45.2. The Balaban J connectivity index is 1.08. The molecular weight excluding hydrogens is 1270 g/mol. The molecule has 0 radical (unpaired) electrons. The van der Waals surface area contributed by atoms with Crippen molar-refractivity contribution < 1.29 is 128 Å². The Hall–Kier alpha value is -7.61. The highest BCUT2D eigenvalue weighted by Gasteiger charge is 2.55. The van der Waals surface area contributed by atoms with E-state index in [1.807, 2.05) is 0 Å². The summed E-state index contributed by atoms with van der Waals surface area (Å²) in [7, 11) is 0. The number of aliphatic hydroxyl groups excluding tert-OH is 13. The Bertz CT molecular complexity index is 3020. The molecule has 24 N–H and O–H groups in total. The van der Waals surface area contributed by atoms with Crippen molar-refractivity contribution in [1.29, 1.82) is 10.8 Å². The summed E-state index contributed by atoms with van der Waals surface area (Å²) in [6.07, 6.45) is -32.2. The summed E-state index contributed by atoms with van der Waals surface area (Å²) in [6.45, 7) is -2.53. The van der Waals surface area contributed by atoms with Crippen LogP contribution in [-0.4, -0.2) is 317 Å². The molecule has 6 aliphatic heterocycles. The lowest BCUT2D eigenvalue weighted by atomic mass is 9.95. The molecule has 8 rings (SSSR count). The molecule has 526 valence electrons. The minimum atomic E-state index is -2.36. The van der Waals surface area contributed by atoms with Crippen LogP contribution in [0.15, 0.2) is 54.6 Å². The summed E-state index contributed by atoms with van der Waals surface area (Å²) in [6, 6.07) is 0.621. The Morgan fingerprint density at radius 2 is 1.14 bits per heavy atom. The fraction of sp³-hybridized carbons (Fsp3) is 0.632. The van der Waals surface area contributed by atoms with E-state index in [1.165, 1.54) is 38.1 Å². The molecule has 38 heteroatoms. The van der Waals surface area contributed by atoms with Gasteiger partial charge in [-0.3, -0.25) is 44.4 Å². The minimum absolute atomic E-state index is 0.0895. The molecule has 38 nitrogen and oxygen atoms in total. The summed E-state index contributed by atoms with van der Waals surface area (Å²) in [5.74, 6) is -9.98. The van der Waals surface area contributed by atoms with E-state index in [2.05, 4.69) is 47.9 Å². The summed E-state index contributed by atoms with van der Waals surface area (Å²) in [5, 5.41) is 181. The molecule has 5 unspecified atom stereocenters. The summed E-state index contributed by atoms with van der Waals surface area (Å²) in [5.41, 5.74) is 0.684. The quantitative estimate of drug-likeness (QED) is 0.0581. The highest BCUT2D eigenvalue weighted by molar-refractivity contribution is 5.98. The van der Waals surface area contributed by atoms with Crippen LogP contribution in [-0.2, 0) is 70.1 Å². The second-order valence-corrected chi connectivity index (χ2v) is 23.8. The number of hydrogen-bond donors (Lipinski definition) is 24. The van der Waals surface area contributed by atoms with Gasteiger partial charge in [-0.1, -0.05) is 56.3 Å². The van der Waals surface area contributed by atoms with Crippen LogP contribution in [0.2, 0.25) is 0 Å². The fourth-order valence-corrected chi connectivity index (χ4v) is 11.4. The molecule has 2 aromatic rings. The number of guanidine groups is 2. The van der Waals surface area contributed by atoms with E-state index in [4.69, 9.17) is 39.2 Å². The van der Waals surface area contributed by atoms with Gasteiger partial charge in [0, 0.05) is 25.9 Å². The van der Waals surface area contributed by atoms with E-state index < -0.39 is 246 Å².